The number of H-pyrrole nitrogens is 1. The Morgan fingerprint density at radius 2 is 2.12 bits per heavy atom. The molecule has 0 aliphatic heterocycles. The van der Waals surface area contributed by atoms with E-state index in [1.165, 1.54) is 0 Å². The van der Waals surface area contributed by atoms with E-state index in [1.54, 1.807) is 24.1 Å². The Hall–Kier alpha value is -3.29. The topological polar surface area (TPSA) is 94.1 Å². The zero-order chi connectivity index (χ0) is 17.6. The first kappa shape index (κ1) is 16.6. The Morgan fingerprint density at radius 3 is 2.84 bits per heavy atom. The molecule has 1 aromatic carbocycles. The standard InChI is InChI=1S/C17H19N5O3/c1-22-10-12(9-19-22)8-18-17(23)14-7-13(20-21-14)11-25-16-6-4-3-5-15(16)24-2/h3-7,9-10H,8,11H2,1-2H3,(H,18,23)(H,20,21). The van der Waals surface area contributed by atoms with Gasteiger partial charge in [-0.25, -0.2) is 0 Å². The zero-order valence-electron chi connectivity index (χ0n) is 14.0. The van der Waals surface area contributed by atoms with Crippen molar-refractivity contribution in [2.24, 2.45) is 7.05 Å². The van der Waals surface area contributed by atoms with Gasteiger partial charge in [0.25, 0.3) is 5.91 Å². The van der Waals surface area contributed by atoms with Crippen LogP contribution in [0.3, 0.4) is 0 Å². The molecule has 0 atom stereocenters. The van der Waals surface area contributed by atoms with Crippen LogP contribution < -0.4 is 14.8 Å². The second kappa shape index (κ2) is 7.52. The molecule has 130 valence electrons. The number of aryl methyl sites for hydroxylation is 1. The van der Waals surface area contributed by atoms with Crippen LogP contribution in [0, 0.1) is 0 Å². The molecule has 0 unspecified atom stereocenters. The highest BCUT2D eigenvalue weighted by atomic mass is 16.5. The fourth-order valence-corrected chi connectivity index (χ4v) is 2.28. The molecule has 8 heteroatoms. The number of aromatic amines is 1. The summed E-state index contributed by atoms with van der Waals surface area (Å²) in [6.45, 7) is 0.649. The zero-order valence-corrected chi connectivity index (χ0v) is 14.0. The first-order chi connectivity index (χ1) is 12.2. The van der Waals surface area contributed by atoms with Crippen LogP contribution >= 0.6 is 0 Å². The molecule has 8 nitrogen and oxygen atoms in total. The van der Waals surface area contributed by atoms with Crippen molar-refractivity contribution < 1.29 is 14.3 Å². The summed E-state index contributed by atoms with van der Waals surface area (Å²) >= 11 is 0. The number of nitrogens with one attached hydrogen (secondary N) is 2. The molecule has 3 aromatic rings. The fraction of sp³-hybridized carbons (Fsp3) is 0.235. The van der Waals surface area contributed by atoms with E-state index >= 15 is 0 Å². The SMILES string of the molecule is COc1ccccc1OCc1cc(C(=O)NCc2cnn(C)c2)n[nH]1. The van der Waals surface area contributed by atoms with Crippen LogP contribution in [0.25, 0.3) is 0 Å². The van der Waals surface area contributed by atoms with Crippen LogP contribution in [0.4, 0.5) is 0 Å². The maximum Gasteiger partial charge on any atom is 0.272 e. The average molecular weight is 341 g/mol. The lowest BCUT2D eigenvalue weighted by molar-refractivity contribution is 0.0946. The predicted octanol–water partition coefficient (Wildman–Crippen LogP) is 1.66. The predicted molar refractivity (Wildman–Crippen MR) is 90.3 cm³/mol. The van der Waals surface area contributed by atoms with E-state index in [9.17, 15) is 4.79 Å². The van der Waals surface area contributed by atoms with Crippen LogP contribution in [0.15, 0.2) is 42.7 Å². The number of benzene rings is 1. The van der Waals surface area contributed by atoms with Gasteiger partial charge in [0.2, 0.25) is 0 Å². The molecule has 0 aliphatic carbocycles. The van der Waals surface area contributed by atoms with Crippen LogP contribution in [0.5, 0.6) is 11.5 Å². The molecule has 2 heterocycles. The number of methoxy groups -OCH3 is 1. The summed E-state index contributed by atoms with van der Waals surface area (Å²) in [7, 11) is 3.41. The van der Waals surface area contributed by atoms with Gasteiger partial charge in [-0.15, -0.1) is 0 Å². The third kappa shape index (κ3) is 4.17. The first-order valence-corrected chi connectivity index (χ1v) is 7.71. The Balaban J connectivity index is 1.55. The Labute approximate surface area is 144 Å². The second-order valence-corrected chi connectivity index (χ2v) is 5.42. The third-order valence-electron chi connectivity index (χ3n) is 3.53. The quantitative estimate of drug-likeness (QED) is 0.682. The summed E-state index contributed by atoms with van der Waals surface area (Å²) in [5.41, 5.74) is 1.92. The lowest BCUT2D eigenvalue weighted by Gasteiger charge is -2.08. The van der Waals surface area contributed by atoms with Gasteiger partial charge in [0.15, 0.2) is 11.5 Å². The van der Waals surface area contributed by atoms with Crippen LogP contribution in [-0.2, 0) is 20.2 Å². The molecule has 0 aliphatic rings. The van der Waals surface area contributed by atoms with E-state index in [-0.39, 0.29) is 12.5 Å². The summed E-state index contributed by atoms with van der Waals surface area (Å²) in [6.07, 6.45) is 3.55. The largest absolute Gasteiger partial charge is 0.493 e. The molecular formula is C17H19N5O3. The van der Waals surface area contributed by atoms with Crippen LogP contribution in [0.1, 0.15) is 21.7 Å². The minimum absolute atomic E-state index is 0.253. The molecule has 0 saturated heterocycles. The molecule has 2 aromatic heterocycles. The van der Waals surface area contributed by atoms with Gasteiger partial charge in [-0.1, -0.05) is 12.1 Å². The molecule has 1 amide bonds. The third-order valence-corrected chi connectivity index (χ3v) is 3.53. The summed E-state index contributed by atoms with van der Waals surface area (Å²) in [5, 5.41) is 13.7. The van der Waals surface area contributed by atoms with Crippen molar-refractivity contribution in [2.45, 2.75) is 13.2 Å². The lowest BCUT2D eigenvalue weighted by atomic mass is 10.3. The van der Waals surface area contributed by atoms with Gasteiger partial charge in [0.1, 0.15) is 12.3 Å². The Kier molecular flexibility index (Phi) is 4.98. The van der Waals surface area contributed by atoms with E-state index in [0.29, 0.717) is 29.4 Å². The van der Waals surface area contributed by atoms with E-state index in [1.807, 2.05) is 37.5 Å². The molecular weight excluding hydrogens is 322 g/mol. The van der Waals surface area contributed by atoms with E-state index in [0.717, 1.165) is 5.56 Å². The number of aromatic nitrogens is 4. The molecule has 0 saturated carbocycles. The summed E-state index contributed by atoms with van der Waals surface area (Å²) in [6, 6.07) is 9.03. The number of hydrogen-bond donors (Lipinski definition) is 2. The first-order valence-electron chi connectivity index (χ1n) is 7.71. The van der Waals surface area contributed by atoms with Gasteiger partial charge >= 0.3 is 0 Å². The number of carbonyl (C=O) groups is 1. The van der Waals surface area contributed by atoms with Crippen LogP contribution in [0.2, 0.25) is 0 Å². The van der Waals surface area contributed by atoms with E-state index in [4.69, 9.17) is 9.47 Å². The van der Waals surface area contributed by atoms with Crippen molar-refractivity contribution >= 4 is 5.91 Å². The number of nitrogens with zero attached hydrogens (tertiary/aromatic N) is 3. The molecule has 2 N–H and O–H groups in total. The van der Waals surface area contributed by atoms with E-state index in [2.05, 4.69) is 20.6 Å². The number of ether oxygens (including phenoxy) is 2. The normalized spacial score (nSPS) is 10.5. The summed E-state index contributed by atoms with van der Waals surface area (Å²) < 4.78 is 12.6. The van der Waals surface area contributed by atoms with Crippen molar-refractivity contribution in [1.29, 1.82) is 0 Å². The highest BCUT2D eigenvalue weighted by molar-refractivity contribution is 5.92. The van der Waals surface area contributed by atoms with Gasteiger partial charge in [0, 0.05) is 25.4 Å². The molecule has 0 fully saturated rings. The van der Waals surface area contributed by atoms with Gasteiger partial charge in [-0.3, -0.25) is 14.6 Å². The van der Waals surface area contributed by atoms with Crippen molar-refractivity contribution in [3.05, 3.63) is 59.7 Å². The number of carbonyl (C=O) groups excluding carboxylic acids is 1. The maximum atomic E-state index is 12.1. The summed E-state index contributed by atoms with van der Waals surface area (Å²) in [4.78, 5) is 12.1. The van der Waals surface area contributed by atoms with Gasteiger partial charge in [-0.2, -0.15) is 10.2 Å². The van der Waals surface area contributed by atoms with Crippen molar-refractivity contribution in [3.8, 4) is 11.5 Å². The Bertz CT molecular complexity index is 855. The van der Waals surface area contributed by atoms with Gasteiger partial charge in [-0.05, 0) is 18.2 Å². The number of hydrogen-bond acceptors (Lipinski definition) is 5. The van der Waals surface area contributed by atoms with Gasteiger partial charge < -0.3 is 14.8 Å². The summed E-state index contributed by atoms with van der Waals surface area (Å²) in [5.74, 6) is 1.02. The molecule has 3 rings (SSSR count). The number of amides is 1. The fourth-order valence-electron chi connectivity index (χ4n) is 2.28. The van der Waals surface area contributed by atoms with Crippen LogP contribution in [-0.4, -0.2) is 33.0 Å². The molecule has 0 radical (unpaired) electrons. The maximum absolute atomic E-state index is 12.1. The van der Waals surface area contributed by atoms with Crippen molar-refractivity contribution in [1.82, 2.24) is 25.3 Å². The minimum Gasteiger partial charge on any atom is -0.493 e. The van der Waals surface area contributed by atoms with Crippen molar-refractivity contribution in [2.75, 3.05) is 7.11 Å². The minimum atomic E-state index is -0.261. The van der Waals surface area contributed by atoms with Gasteiger partial charge in [0.05, 0.1) is 19.0 Å². The monoisotopic (exact) mass is 341 g/mol. The highest BCUT2D eigenvalue weighted by Crippen LogP contribution is 2.26. The van der Waals surface area contributed by atoms with E-state index < -0.39 is 0 Å². The molecule has 25 heavy (non-hydrogen) atoms. The Morgan fingerprint density at radius 1 is 1.32 bits per heavy atom. The molecule has 0 bridgehead atoms. The second-order valence-electron chi connectivity index (χ2n) is 5.42. The molecule has 0 spiro atoms. The highest BCUT2D eigenvalue weighted by Gasteiger charge is 2.11. The average Bonchev–Trinajstić information content (AvgIpc) is 3.27. The van der Waals surface area contributed by atoms with Crippen molar-refractivity contribution in [3.63, 3.8) is 0 Å². The number of para-hydroxylation sites is 2. The smallest absolute Gasteiger partial charge is 0.272 e. The number of rotatable bonds is 7. The lowest BCUT2D eigenvalue weighted by Crippen LogP contribution is -2.22.